The molecule has 0 heterocycles. The lowest BCUT2D eigenvalue weighted by Crippen LogP contribution is -1.91. The molecule has 0 unspecified atom stereocenters. The van der Waals surface area contributed by atoms with E-state index in [4.69, 9.17) is 27.9 Å². The fourth-order valence-corrected chi connectivity index (χ4v) is 2.43. The summed E-state index contributed by atoms with van der Waals surface area (Å²) < 4.78 is 19.2. The van der Waals surface area contributed by atoms with Gasteiger partial charge in [0.1, 0.15) is 17.9 Å². The molecule has 0 saturated heterocycles. The van der Waals surface area contributed by atoms with Gasteiger partial charge in [0.2, 0.25) is 0 Å². The van der Waals surface area contributed by atoms with E-state index in [1.807, 2.05) is 6.92 Å². The highest BCUT2D eigenvalue weighted by Crippen LogP contribution is 2.35. The molecule has 128 valence electrons. The van der Waals surface area contributed by atoms with Crippen molar-refractivity contribution in [3.63, 3.8) is 0 Å². The van der Waals surface area contributed by atoms with E-state index >= 15 is 0 Å². The zero-order valence-electron chi connectivity index (χ0n) is 14.0. The Morgan fingerprint density at radius 1 is 1.21 bits per heavy atom. The second-order valence-corrected chi connectivity index (χ2v) is 5.94. The van der Waals surface area contributed by atoms with Gasteiger partial charge in [-0.05, 0) is 50.1 Å². The van der Waals surface area contributed by atoms with Crippen molar-refractivity contribution in [2.24, 2.45) is 0 Å². The van der Waals surface area contributed by atoms with Crippen LogP contribution in [0.15, 0.2) is 47.3 Å². The van der Waals surface area contributed by atoms with Crippen LogP contribution in [0.4, 0.5) is 4.39 Å². The molecule has 5 heteroatoms. The summed E-state index contributed by atoms with van der Waals surface area (Å²) in [5, 5.41) is 0.885. The Hall–Kier alpha value is -1.84. The van der Waals surface area contributed by atoms with Crippen LogP contribution in [-0.4, -0.2) is 13.4 Å². The Balaban J connectivity index is 3.12. The summed E-state index contributed by atoms with van der Waals surface area (Å²) >= 11 is 12.5. The summed E-state index contributed by atoms with van der Waals surface area (Å²) in [6.45, 7) is 5.17. The molecule has 0 saturated carbocycles. The van der Waals surface area contributed by atoms with Crippen molar-refractivity contribution >= 4 is 35.6 Å². The van der Waals surface area contributed by atoms with Gasteiger partial charge in [0.25, 0.3) is 0 Å². The normalized spacial score (nSPS) is 13.5. The van der Waals surface area contributed by atoms with Gasteiger partial charge in [-0.3, -0.25) is 4.79 Å². The van der Waals surface area contributed by atoms with Gasteiger partial charge in [0.15, 0.2) is 0 Å². The Morgan fingerprint density at radius 3 is 2.46 bits per heavy atom. The predicted octanol–water partition coefficient (Wildman–Crippen LogP) is 6.27. The fraction of sp³-hybridized carbons (Fsp3) is 0.211. The first-order valence-electron chi connectivity index (χ1n) is 7.19. The maximum Gasteiger partial charge on any atom is 0.143 e. The Morgan fingerprint density at radius 2 is 1.88 bits per heavy atom. The third-order valence-corrected chi connectivity index (χ3v) is 4.17. The lowest BCUT2D eigenvalue weighted by atomic mass is 10.1. The van der Waals surface area contributed by atoms with Gasteiger partial charge in [-0.2, -0.15) is 0 Å². The van der Waals surface area contributed by atoms with Crippen molar-refractivity contribution < 1.29 is 13.9 Å². The van der Waals surface area contributed by atoms with Gasteiger partial charge < -0.3 is 4.74 Å². The third kappa shape index (κ3) is 5.36. The lowest BCUT2D eigenvalue weighted by molar-refractivity contribution is -0.104. The number of halogens is 3. The molecule has 0 N–H and O–H groups in total. The summed E-state index contributed by atoms with van der Waals surface area (Å²) in [5.41, 5.74) is 2.43. The number of allylic oxidation sites excluding steroid dienone is 7. The molecule has 2 nitrogen and oxygen atoms in total. The number of hydrogen-bond acceptors (Lipinski definition) is 2. The molecule has 1 aromatic carbocycles. The number of carbonyl (C=O) groups excluding carboxylic acids is 1. The van der Waals surface area contributed by atoms with Gasteiger partial charge in [0.05, 0.1) is 17.2 Å². The van der Waals surface area contributed by atoms with Crippen LogP contribution in [0.1, 0.15) is 25.0 Å². The van der Waals surface area contributed by atoms with Gasteiger partial charge in [-0.1, -0.05) is 41.4 Å². The van der Waals surface area contributed by atoms with Gasteiger partial charge in [-0.15, -0.1) is 0 Å². The van der Waals surface area contributed by atoms with E-state index in [0.717, 1.165) is 5.56 Å². The maximum atomic E-state index is 14.0. The van der Waals surface area contributed by atoms with Crippen LogP contribution >= 0.6 is 23.2 Å². The molecule has 1 aromatic rings. The minimum absolute atomic E-state index is 0.408. The van der Waals surface area contributed by atoms with Gasteiger partial charge >= 0.3 is 0 Å². The molecule has 0 bridgehead atoms. The molecular weight excluding hydrogens is 350 g/mol. The minimum atomic E-state index is -0.414. The predicted molar refractivity (Wildman–Crippen MR) is 99.6 cm³/mol. The molecule has 0 atom stereocenters. The smallest absolute Gasteiger partial charge is 0.143 e. The SMILES string of the molecule is COc1cc(Cl)c(/C=C/C(C)=C(F)\C=C\C(C)=C\C=O)c(Cl)c1C. The molecule has 0 fully saturated rings. The summed E-state index contributed by atoms with van der Waals surface area (Å²) in [4.78, 5) is 10.3. The number of rotatable bonds is 6. The second kappa shape index (κ2) is 9.45. The lowest BCUT2D eigenvalue weighted by Gasteiger charge is -2.10. The second-order valence-electron chi connectivity index (χ2n) is 5.16. The highest BCUT2D eigenvalue weighted by molar-refractivity contribution is 6.38. The monoisotopic (exact) mass is 368 g/mol. The first-order valence-corrected chi connectivity index (χ1v) is 7.94. The molecule has 0 aromatic heterocycles. The molecule has 24 heavy (non-hydrogen) atoms. The van der Waals surface area contributed by atoms with E-state index in [9.17, 15) is 9.18 Å². The fourth-order valence-electron chi connectivity index (χ4n) is 1.87. The van der Waals surface area contributed by atoms with Crippen LogP contribution in [0, 0.1) is 6.92 Å². The van der Waals surface area contributed by atoms with E-state index in [1.54, 1.807) is 39.2 Å². The summed E-state index contributed by atoms with van der Waals surface area (Å²) in [5.74, 6) is 0.184. The molecule has 0 spiro atoms. The van der Waals surface area contributed by atoms with E-state index in [0.29, 0.717) is 38.8 Å². The zero-order chi connectivity index (χ0) is 18.3. The average molecular weight is 369 g/mol. The Kier molecular flexibility index (Phi) is 7.96. The molecule has 0 aliphatic heterocycles. The maximum absolute atomic E-state index is 14.0. The molecule has 0 aliphatic rings. The first kappa shape index (κ1) is 20.2. The van der Waals surface area contributed by atoms with Crippen LogP contribution in [0.25, 0.3) is 6.08 Å². The van der Waals surface area contributed by atoms with Gasteiger partial charge in [0, 0.05) is 11.1 Å². The average Bonchev–Trinajstić information content (AvgIpc) is 2.55. The summed E-state index contributed by atoms with van der Waals surface area (Å²) in [7, 11) is 1.54. The van der Waals surface area contributed by atoms with Crippen LogP contribution in [0.5, 0.6) is 5.75 Å². The standard InChI is InChI=1S/C19H19Cl2FO2/c1-12(9-10-23)5-8-17(22)13(2)6-7-15-16(20)11-18(24-4)14(3)19(15)21/h5-11H,1-4H3/b7-6+,8-5+,12-9+,17-13+. The Labute approximate surface area is 151 Å². The number of carbonyl (C=O) groups is 1. The van der Waals surface area contributed by atoms with Crippen LogP contribution in [0.3, 0.4) is 0 Å². The summed E-state index contributed by atoms with van der Waals surface area (Å²) in [6, 6.07) is 1.67. The van der Waals surface area contributed by atoms with Crippen molar-refractivity contribution in [1.82, 2.24) is 0 Å². The minimum Gasteiger partial charge on any atom is -0.496 e. The molecule has 0 aliphatic carbocycles. The number of benzene rings is 1. The van der Waals surface area contributed by atoms with E-state index in [-0.39, 0.29) is 0 Å². The van der Waals surface area contributed by atoms with Gasteiger partial charge in [-0.25, -0.2) is 4.39 Å². The summed E-state index contributed by atoms with van der Waals surface area (Å²) in [6.07, 6.45) is 8.10. The Bertz CT molecular complexity index is 744. The van der Waals surface area contributed by atoms with Crippen molar-refractivity contribution in [3.8, 4) is 5.75 Å². The molecule has 1 rings (SSSR count). The topological polar surface area (TPSA) is 26.3 Å². The van der Waals surface area contributed by atoms with Crippen molar-refractivity contribution in [2.45, 2.75) is 20.8 Å². The number of aldehydes is 1. The van der Waals surface area contributed by atoms with Crippen molar-refractivity contribution in [2.75, 3.05) is 7.11 Å². The highest BCUT2D eigenvalue weighted by atomic mass is 35.5. The quantitative estimate of drug-likeness (QED) is 0.336. The van der Waals surface area contributed by atoms with Crippen LogP contribution in [0.2, 0.25) is 10.0 Å². The largest absolute Gasteiger partial charge is 0.496 e. The van der Waals surface area contributed by atoms with E-state index in [1.165, 1.54) is 18.2 Å². The van der Waals surface area contributed by atoms with Crippen molar-refractivity contribution in [1.29, 1.82) is 0 Å². The number of hydrogen-bond donors (Lipinski definition) is 0. The van der Waals surface area contributed by atoms with Crippen molar-refractivity contribution in [3.05, 3.63) is 68.5 Å². The zero-order valence-corrected chi connectivity index (χ0v) is 15.5. The van der Waals surface area contributed by atoms with E-state index < -0.39 is 5.83 Å². The third-order valence-electron chi connectivity index (χ3n) is 3.37. The first-order chi connectivity index (χ1) is 11.3. The highest BCUT2D eigenvalue weighted by Gasteiger charge is 2.11. The van der Waals surface area contributed by atoms with E-state index in [2.05, 4.69) is 0 Å². The molecule has 0 amide bonds. The number of methoxy groups -OCH3 is 1. The molecular formula is C19H19Cl2FO2. The van der Waals surface area contributed by atoms with Crippen LogP contribution < -0.4 is 4.74 Å². The van der Waals surface area contributed by atoms with Crippen LogP contribution in [-0.2, 0) is 4.79 Å². The molecule has 0 radical (unpaired) electrons. The number of ether oxygens (including phenoxy) is 1.